The molecule has 0 spiro atoms. The molecule has 3 nitrogen and oxygen atoms in total. The van der Waals surface area contributed by atoms with Gasteiger partial charge in [0.05, 0.1) is 4.90 Å². The SMILES string of the molecule is O=S(=O)([O-])c1ccccccccc1. The first-order valence-corrected chi connectivity index (χ1v) is 5.36. The molecule has 1 aromatic rings. The monoisotopic (exact) mass is 209 g/mol. The molecule has 0 aromatic heterocycles. The van der Waals surface area contributed by atoms with Crippen molar-refractivity contribution in [3.8, 4) is 0 Å². The summed E-state index contributed by atoms with van der Waals surface area (Å²) in [6.07, 6.45) is 0. The van der Waals surface area contributed by atoms with Crippen molar-refractivity contribution in [2.24, 2.45) is 0 Å². The Morgan fingerprint density at radius 2 is 1.14 bits per heavy atom. The lowest BCUT2D eigenvalue weighted by Gasteiger charge is -2.03. The summed E-state index contributed by atoms with van der Waals surface area (Å²) in [5.74, 6) is 0. The van der Waals surface area contributed by atoms with E-state index in [4.69, 9.17) is 0 Å². The van der Waals surface area contributed by atoms with Gasteiger partial charge in [0.2, 0.25) is 0 Å². The highest BCUT2D eigenvalue weighted by molar-refractivity contribution is 7.85. The number of hydrogen-bond donors (Lipinski definition) is 0. The number of hydrogen-bond acceptors (Lipinski definition) is 3. The second kappa shape index (κ2) is 4.74. The van der Waals surface area contributed by atoms with E-state index in [0.29, 0.717) is 0 Å². The third-order valence-corrected chi connectivity index (χ3v) is 2.33. The molecule has 1 aromatic carbocycles. The van der Waals surface area contributed by atoms with Crippen molar-refractivity contribution >= 4 is 10.1 Å². The van der Waals surface area contributed by atoms with E-state index < -0.39 is 10.1 Å². The van der Waals surface area contributed by atoms with E-state index in [1.807, 2.05) is 0 Å². The molecule has 0 radical (unpaired) electrons. The summed E-state index contributed by atoms with van der Waals surface area (Å²) in [4.78, 5) is -0.242. The van der Waals surface area contributed by atoms with Crippen molar-refractivity contribution in [2.45, 2.75) is 4.90 Å². The second-order valence-corrected chi connectivity index (χ2v) is 3.92. The van der Waals surface area contributed by atoms with Gasteiger partial charge in [-0.25, -0.2) is 8.42 Å². The quantitative estimate of drug-likeness (QED) is 0.661. The molecule has 0 atom stereocenters. The van der Waals surface area contributed by atoms with Crippen LogP contribution in [0.25, 0.3) is 0 Å². The van der Waals surface area contributed by atoms with Crippen LogP contribution in [0.3, 0.4) is 0 Å². The summed E-state index contributed by atoms with van der Waals surface area (Å²) >= 11 is 0. The van der Waals surface area contributed by atoms with E-state index in [-0.39, 0.29) is 4.90 Å². The van der Waals surface area contributed by atoms with E-state index in [2.05, 4.69) is 0 Å². The predicted octanol–water partition coefficient (Wildman–Crippen LogP) is 1.72. The van der Waals surface area contributed by atoms with Crippen LogP contribution in [0.15, 0.2) is 59.5 Å². The minimum absolute atomic E-state index is 0.242. The standard InChI is InChI=1S/C10H10O3S/c11-14(12,13)10-8-6-4-2-1-3-5-7-9-10/h1-9H,(H,11,12,13)/p-1. The zero-order valence-electron chi connectivity index (χ0n) is 7.33. The lowest BCUT2D eigenvalue weighted by Crippen LogP contribution is -1.96. The first kappa shape index (κ1) is 10.7. The van der Waals surface area contributed by atoms with Crippen LogP contribution in [-0.2, 0) is 10.1 Å². The largest absolute Gasteiger partial charge is 0.744 e. The van der Waals surface area contributed by atoms with Crippen LogP contribution in [0.1, 0.15) is 0 Å². The summed E-state index contributed by atoms with van der Waals surface area (Å²) in [7, 11) is -4.38. The van der Waals surface area contributed by atoms with Crippen LogP contribution in [-0.4, -0.2) is 13.0 Å². The van der Waals surface area contributed by atoms with E-state index in [9.17, 15) is 13.0 Å². The summed E-state index contributed by atoms with van der Waals surface area (Å²) in [5, 5.41) is 0. The lowest BCUT2D eigenvalue weighted by atomic mass is 10.4. The maximum Gasteiger partial charge on any atom is 0.124 e. The average molecular weight is 209 g/mol. The lowest BCUT2D eigenvalue weighted by molar-refractivity contribution is 0.463. The van der Waals surface area contributed by atoms with E-state index in [1.54, 1.807) is 30.3 Å². The second-order valence-electron chi connectivity index (χ2n) is 2.54. The fourth-order valence-electron chi connectivity index (χ4n) is 0.844. The van der Waals surface area contributed by atoms with Crippen LogP contribution in [0, 0.1) is 0 Å². The third-order valence-electron chi connectivity index (χ3n) is 1.48. The molecule has 0 aliphatic heterocycles. The molecule has 14 heavy (non-hydrogen) atoms. The van der Waals surface area contributed by atoms with Gasteiger partial charge in [0.15, 0.2) is 0 Å². The Kier molecular flexibility index (Phi) is 3.62. The molecule has 0 saturated carbocycles. The van der Waals surface area contributed by atoms with E-state index >= 15 is 0 Å². The van der Waals surface area contributed by atoms with E-state index in [0.717, 1.165) is 0 Å². The van der Waals surface area contributed by atoms with Gasteiger partial charge in [0.1, 0.15) is 10.1 Å². The molecule has 0 saturated heterocycles. The first-order chi connectivity index (χ1) is 6.61. The highest BCUT2D eigenvalue weighted by Gasteiger charge is 1.94. The van der Waals surface area contributed by atoms with Crippen molar-refractivity contribution < 1.29 is 13.0 Å². The highest BCUT2D eigenvalue weighted by atomic mass is 32.2. The molecule has 0 aliphatic rings. The molecule has 0 amide bonds. The Bertz CT molecular complexity index is 426. The predicted molar refractivity (Wildman–Crippen MR) is 52.0 cm³/mol. The number of rotatable bonds is 1. The van der Waals surface area contributed by atoms with Gasteiger partial charge in [-0.2, -0.15) is 0 Å². The molecule has 74 valence electrons. The minimum atomic E-state index is -4.38. The van der Waals surface area contributed by atoms with Gasteiger partial charge >= 0.3 is 0 Å². The average Bonchev–Trinajstić information content (AvgIpc) is 2.12. The third kappa shape index (κ3) is 3.55. The molecule has 4 heteroatoms. The molecule has 0 aliphatic carbocycles. The molecular formula is C10H9O3S-. The minimum Gasteiger partial charge on any atom is -0.744 e. The Balaban J connectivity index is 3.35. The Labute approximate surface area is 83.1 Å². The molecule has 0 N–H and O–H groups in total. The summed E-state index contributed by atoms with van der Waals surface area (Å²) < 4.78 is 32.1. The van der Waals surface area contributed by atoms with Gasteiger partial charge in [-0.1, -0.05) is 42.5 Å². The van der Waals surface area contributed by atoms with Gasteiger partial charge in [0, 0.05) is 0 Å². The molecule has 0 bridgehead atoms. The molecule has 1 rings (SSSR count). The maximum atomic E-state index is 10.7. The summed E-state index contributed by atoms with van der Waals surface area (Å²) in [6.45, 7) is 0. The van der Waals surface area contributed by atoms with Gasteiger partial charge in [-0.15, -0.1) is 0 Å². The molecule has 0 unspecified atom stereocenters. The molecule has 0 fully saturated rings. The van der Waals surface area contributed by atoms with E-state index in [1.165, 1.54) is 24.3 Å². The Hall–Kier alpha value is -1.39. The van der Waals surface area contributed by atoms with Crippen molar-refractivity contribution in [1.29, 1.82) is 0 Å². The van der Waals surface area contributed by atoms with Crippen LogP contribution < -0.4 is 0 Å². The van der Waals surface area contributed by atoms with Crippen molar-refractivity contribution in [3.63, 3.8) is 0 Å². The maximum absolute atomic E-state index is 10.7. The topological polar surface area (TPSA) is 57.2 Å². The van der Waals surface area contributed by atoms with Crippen LogP contribution in [0.4, 0.5) is 0 Å². The Morgan fingerprint density at radius 3 is 1.50 bits per heavy atom. The van der Waals surface area contributed by atoms with Gasteiger partial charge < -0.3 is 4.55 Å². The van der Waals surface area contributed by atoms with Crippen LogP contribution in [0.5, 0.6) is 0 Å². The zero-order chi connectivity index (χ0) is 10.4. The van der Waals surface area contributed by atoms with Crippen LogP contribution >= 0.6 is 0 Å². The highest BCUT2D eigenvalue weighted by Crippen LogP contribution is 2.03. The van der Waals surface area contributed by atoms with Gasteiger partial charge in [-0.05, 0) is 12.1 Å². The fraction of sp³-hybridized carbons (Fsp3) is 0. The smallest absolute Gasteiger partial charge is 0.124 e. The van der Waals surface area contributed by atoms with Crippen LogP contribution in [0.2, 0.25) is 0 Å². The van der Waals surface area contributed by atoms with Gasteiger partial charge in [-0.3, -0.25) is 0 Å². The van der Waals surface area contributed by atoms with Crippen molar-refractivity contribution in [3.05, 3.63) is 54.6 Å². The van der Waals surface area contributed by atoms with Crippen molar-refractivity contribution in [1.82, 2.24) is 0 Å². The fourth-order valence-corrected chi connectivity index (χ4v) is 1.33. The normalized spacial score (nSPS) is 10.4. The summed E-state index contributed by atoms with van der Waals surface area (Å²) in [6, 6.07) is 14.1. The zero-order valence-corrected chi connectivity index (χ0v) is 8.15. The molecule has 0 heterocycles. The van der Waals surface area contributed by atoms with Crippen molar-refractivity contribution in [2.75, 3.05) is 0 Å². The first-order valence-electron chi connectivity index (χ1n) is 3.95. The Morgan fingerprint density at radius 1 is 0.786 bits per heavy atom. The molecular weight excluding hydrogens is 200 g/mol. The van der Waals surface area contributed by atoms with Gasteiger partial charge in [0.25, 0.3) is 0 Å². The summed E-state index contributed by atoms with van der Waals surface area (Å²) in [5.41, 5.74) is 0.